The topological polar surface area (TPSA) is 22.1 Å². The van der Waals surface area contributed by atoms with Gasteiger partial charge in [0, 0.05) is 16.6 Å². The molecule has 1 aromatic carbocycles. The van der Waals surface area contributed by atoms with Crippen LogP contribution in [0.1, 0.15) is 22.4 Å². The lowest BCUT2D eigenvalue weighted by molar-refractivity contribution is 0.134. The average Bonchev–Trinajstić information content (AvgIpc) is 2.78. The van der Waals surface area contributed by atoms with Crippen molar-refractivity contribution in [2.24, 2.45) is 0 Å². The summed E-state index contributed by atoms with van der Waals surface area (Å²) in [6.07, 6.45) is 0. The maximum absolute atomic E-state index is 12.6. The SMILES string of the molecule is Cc1nc2cc(CF)ccc2c2c1COC2. The second-order valence-corrected chi connectivity index (χ2v) is 4.13. The summed E-state index contributed by atoms with van der Waals surface area (Å²) in [4.78, 5) is 4.51. The first kappa shape index (κ1) is 9.73. The van der Waals surface area contributed by atoms with E-state index in [1.165, 1.54) is 11.1 Å². The van der Waals surface area contributed by atoms with Crippen LogP contribution >= 0.6 is 0 Å². The van der Waals surface area contributed by atoms with Crippen molar-refractivity contribution in [3.63, 3.8) is 0 Å². The third-order valence-electron chi connectivity index (χ3n) is 3.12. The molecule has 0 spiro atoms. The van der Waals surface area contributed by atoms with Crippen LogP contribution in [0.5, 0.6) is 0 Å². The number of fused-ring (bicyclic) bond motifs is 3. The fraction of sp³-hybridized carbons (Fsp3) is 0.308. The minimum atomic E-state index is -0.440. The summed E-state index contributed by atoms with van der Waals surface area (Å²) < 4.78 is 18.0. The summed E-state index contributed by atoms with van der Waals surface area (Å²) in [6, 6.07) is 5.59. The molecule has 0 saturated carbocycles. The van der Waals surface area contributed by atoms with Crippen LogP contribution in [0.4, 0.5) is 4.39 Å². The summed E-state index contributed by atoms with van der Waals surface area (Å²) in [5, 5.41) is 1.09. The van der Waals surface area contributed by atoms with Crippen LogP contribution in [0.3, 0.4) is 0 Å². The van der Waals surface area contributed by atoms with E-state index in [-0.39, 0.29) is 0 Å². The van der Waals surface area contributed by atoms with Gasteiger partial charge in [0.2, 0.25) is 0 Å². The van der Waals surface area contributed by atoms with Crippen molar-refractivity contribution in [2.75, 3.05) is 0 Å². The minimum absolute atomic E-state index is 0.440. The van der Waals surface area contributed by atoms with E-state index in [4.69, 9.17) is 4.74 Å². The number of hydrogen-bond donors (Lipinski definition) is 0. The van der Waals surface area contributed by atoms with Gasteiger partial charge in [-0.05, 0) is 24.1 Å². The molecule has 0 fully saturated rings. The van der Waals surface area contributed by atoms with Crippen molar-refractivity contribution in [3.8, 4) is 0 Å². The van der Waals surface area contributed by atoms with Gasteiger partial charge in [-0.25, -0.2) is 4.39 Å². The molecule has 2 nitrogen and oxygen atoms in total. The normalized spacial score (nSPS) is 14.4. The number of pyridine rings is 1. The molecule has 82 valence electrons. The Hall–Kier alpha value is -1.48. The zero-order valence-electron chi connectivity index (χ0n) is 9.09. The molecule has 0 atom stereocenters. The highest BCUT2D eigenvalue weighted by Crippen LogP contribution is 2.29. The highest BCUT2D eigenvalue weighted by molar-refractivity contribution is 5.84. The number of aromatic nitrogens is 1. The number of halogens is 1. The van der Waals surface area contributed by atoms with Gasteiger partial charge >= 0.3 is 0 Å². The predicted molar refractivity (Wildman–Crippen MR) is 59.8 cm³/mol. The zero-order valence-corrected chi connectivity index (χ0v) is 9.09. The van der Waals surface area contributed by atoms with E-state index in [9.17, 15) is 4.39 Å². The standard InChI is InChI=1S/C13H12FNO/c1-8-11-6-16-7-12(11)10-3-2-9(5-14)4-13(10)15-8/h2-4H,5-7H2,1H3. The van der Waals surface area contributed by atoms with Crippen LogP contribution < -0.4 is 0 Å². The lowest BCUT2D eigenvalue weighted by atomic mass is 10.0. The molecule has 0 N–H and O–H groups in total. The van der Waals surface area contributed by atoms with Crippen LogP contribution in [0, 0.1) is 6.92 Å². The third-order valence-corrected chi connectivity index (χ3v) is 3.12. The van der Waals surface area contributed by atoms with Gasteiger partial charge < -0.3 is 4.74 Å². The maximum atomic E-state index is 12.6. The van der Waals surface area contributed by atoms with Gasteiger partial charge in [-0.1, -0.05) is 12.1 Å². The van der Waals surface area contributed by atoms with Crippen molar-refractivity contribution in [1.29, 1.82) is 0 Å². The first-order valence-electron chi connectivity index (χ1n) is 5.34. The van der Waals surface area contributed by atoms with E-state index in [1.54, 1.807) is 0 Å². The maximum Gasteiger partial charge on any atom is 0.115 e. The Morgan fingerprint density at radius 3 is 2.94 bits per heavy atom. The minimum Gasteiger partial charge on any atom is -0.372 e. The Balaban J connectivity index is 2.33. The smallest absolute Gasteiger partial charge is 0.115 e. The van der Waals surface area contributed by atoms with Crippen molar-refractivity contribution in [1.82, 2.24) is 4.98 Å². The van der Waals surface area contributed by atoms with Crippen LogP contribution in [0.25, 0.3) is 10.9 Å². The first-order valence-corrected chi connectivity index (χ1v) is 5.34. The largest absolute Gasteiger partial charge is 0.372 e. The molecule has 0 amide bonds. The molecule has 2 aromatic rings. The molecule has 1 aromatic heterocycles. The van der Waals surface area contributed by atoms with E-state index in [2.05, 4.69) is 4.98 Å². The van der Waals surface area contributed by atoms with Gasteiger partial charge in [0.15, 0.2) is 0 Å². The van der Waals surface area contributed by atoms with Gasteiger partial charge in [0.25, 0.3) is 0 Å². The van der Waals surface area contributed by atoms with Crippen molar-refractivity contribution < 1.29 is 9.13 Å². The van der Waals surface area contributed by atoms with Crippen molar-refractivity contribution in [2.45, 2.75) is 26.8 Å². The van der Waals surface area contributed by atoms with Gasteiger partial charge in [0.05, 0.1) is 18.7 Å². The summed E-state index contributed by atoms with van der Waals surface area (Å²) in [5.41, 5.74) is 4.96. The van der Waals surface area contributed by atoms with Gasteiger partial charge in [-0.2, -0.15) is 0 Å². The number of ether oxygens (including phenoxy) is 1. The van der Waals surface area contributed by atoms with Gasteiger partial charge in [0.1, 0.15) is 6.67 Å². The number of benzene rings is 1. The van der Waals surface area contributed by atoms with E-state index in [1.807, 2.05) is 25.1 Å². The van der Waals surface area contributed by atoms with Crippen LogP contribution in [-0.4, -0.2) is 4.98 Å². The zero-order chi connectivity index (χ0) is 11.1. The molecule has 0 bridgehead atoms. The lowest BCUT2D eigenvalue weighted by Gasteiger charge is -2.07. The lowest BCUT2D eigenvalue weighted by Crippen LogP contribution is -1.95. The monoisotopic (exact) mass is 217 g/mol. The number of aryl methyl sites for hydroxylation is 1. The molecule has 2 heterocycles. The van der Waals surface area contributed by atoms with E-state index in [0.29, 0.717) is 18.8 Å². The number of alkyl halides is 1. The molecule has 1 aliphatic rings. The fourth-order valence-electron chi connectivity index (χ4n) is 2.25. The Morgan fingerprint density at radius 1 is 1.31 bits per heavy atom. The van der Waals surface area contributed by atoms with E-state index < -0.39 is 6.67 Å². The molecule has 16 heavy (non-hydrogen) atoms. The molecule has 0 saturated heterocycles. The average molecular weight is 217 g/mol. The summed E-state index contributed by atoms with van der Waals surface area (Å²) >= 11 is 0. The van der Waals surface area contributed by atoms with Gasteiger partial charge in [-0.3, -0.25) is 4.98 Å². The molecule has 3 heteroatoms. The van der Waals surface area contributed by atoms with Crippen molar-refractivity contribution >= 4 is 10.9 Å². The predicted octanol–water partition coefficient (Wildman–Crippen LogP) is 3.04. The fourth-order valence-corrected chi connectivity index (χ4v) is 2.25. The van der Waals surface area contributed by atoms with Crippen molar-refractivity contribution in [3.05, 3.63) is 40.6 Å². The summed E-state index contributed by atoms with van der Waals surface area (Å²) in [5.74, 6) is 0. The Morgan fingerprint density at radius 2 is 2.12 bits per heavy atom. The van der Waals surface area contributed by atoms with E-state index in [0.717, 1.165) is 16.6 Å². The molecule has 0 unspecified atom stereocenters. The number of nitrogens with zero attached hydrogens (tertiary/aromatic N) is 1. The van der Waals surface area contributed by atoms with Gasteiger partial charge in [-0.15, -0.1) is 0 Å². The highest BCUT2D eigenvalue weighted by Gasteiger charge is 2.18. The second kappa shape index (κ2) is 3.52. The summed E-state index contributed by atoms with van der Waals surface area (Å²) in [6.45, 7) is 2.83. The highest BCUT2D eigenvalue weighted by atomic mass is 19.1. The molecular weight excluding hydrogens is 205 g/mol. The first-order chi connectivity index (χ1) is 7.79. The number of rotatable bonds is 1. The van der Waals surface area contributed by atoms with Crippen LogP contribution in [0.15, 0.2) is 18.2 Å². The molecule has 3 rings (SSSR count). The third kappa shape index (κ3) is 1.32. The molecule has 0 radical (unpaired) electrons. The molecular formula is C13H12FNO. The Kier molecular flexibility index (Phi) is 2.14. The Labute approximate surface area is 93.1 Å². The van der Waals surface area contributed by atoms with E-state index >= 15 is 0 Å². The quantitative estimate of drug-likeness (QED) is 0.732. The molecule has 1 aliphatic heterocycles. The summed E-state index contributed by atoms with van der Waals surface area (Å²) in [7, 11) is 0. The van der Waals surface area contributed by atoms with Crippen LogP contribution in [-0.2, 0) is 24.6 Å². The number of hydrogen-bond acceptors (Lipinski definition) is 2. The second-order valence-electron chi connectivity index (χ2n) is 4.13. The molecule has 0 aliphatic carbocycles. The van der Waals surface area contributed by atoms with Crippen LogP contribution in [0.2, 0.25) is 0 Å². The Bertz CT molecular complexity index is 565.